The number of carbonyl (C=O) groups excluding carboxylic acids is 1. The number of aromatic amines is 1. The molecule has 1 aromatic heterocycles. The first kappa shape index (κ1) is 13.8. The first-order valence-corrected chi connectivity index (χ1v) is 8.12. The second-order valence-electron chi connectivity index (χ2n) is 6.88. The molecule has 0 aliphatic carbocycles. The third-order valence-electron chi connectivity index (χ3n) is 5.20. The molecule has 3 heterocycles. The minimum absolute atomic E-state index is 0.0721. The number of aryl methyl sites for hydroxylation is 1. The zero-order valence-corrected chi connectivity index (χ0v) is 13.0. The molecule has 2 aliphatic heterocycles. The minimum Gasteiger partial charge on any atom is -0.337 e. The van der Waals surface area contributed by atoms with Crippen LogP contribution in [0.25, 0.3) is 10.9 Å². The number of likely N-dealkylation sites (tertiary alicyclic amines) is 1. The van der Waals surface area contributed by atoms with E-state index in [0.717, 1.165) is 49.1 Å². The topological polar surface area (TPSA) is 61.0 Å². The van der Waals surface area contributed by atoms with E-state index in [4.69, 9.17) is 0 Å². The molecule has 2 aliphatic rings. The van der Waals surface area contributed by atoms with Crippen LogP contribution in [-0.2, 0) is 0 Å². The zero-order valence-electron chi connectivity index (χ0n) is 13.0. The van der Waals surface area contributed by atoms with Gasteiger partial charge >= 0.3 is 0 Å². The number of nitrogens with one attached hydrogen (secondary N) is 2. The Labute approximate surface area is 130 Å². The lowest BCUT2D eigenvalue weighted by molar-refractivity contribution is 0.0549. The summed E-state index contributed by atoms with van der Waals surface area (Å²) in [7, 11) is 0. The highest BCUT2D eigenvalue weighted by Gasteiger charge is 2.40. The molecule has 0 bridgehead atoms. The number of piperidine rings is 1. The van der Waals surface area contributed by atoms with E-state index in [1.165, 1.54) is 12.8 Å². The lowest BCUT2D eigenvalue weighted by atomic mass is 9.79. The maximum absolute atomic E-state index is 12.9. The largest absolute Gasteiger partial charge is 0.337 e. The number of carbonyl (C=O) groups is 1. The minimum atomic E-state index is 0.0721. The third-order valence-corrected chi connectivity index (χ3v) is 5.20. The number of benzene rings is 1. The molecule has 1 spiro atoms. The van der Waals surface area contributed by atoms with Crippen molar-refractivity contribution in [1.29, 1.82) is 0 Å². The molecule has 5 heteroatoms. The average molecular weight is 298 g/mol. The average Bonchev–Trinajstić information content (AvgIpc) is 3.13. The van der Waals surface area contributed by atoms with Crippen molar-refractivity contribution in [1.82, 2.24) is 20.4 Å². The highest BCUT2D eigenvalue weighted by atomic mass is 16.2. The quantitative estimate of drug-likeness (QED) is 0.847. The molecule has 0 unspecified atom stereocenters. The van der Waals surface area contributed by atoms with Crippen molar-refractivity contribution in [2.24, 2.45) is 5.41 Å². The summed E-state index contributed by atoms with van der Waals surface area (Å²) in [5.41, 5.74) is 2.94. The van der Waals surface area contributed by atoms with Crippen molar-refractivity contribution < 1.29 is 4.79 Å². The van der Waals surface area contributed by atoms with Gasteiger partial charge in [-0.2, -0.15) is 5.10 Å². The van der Waals surface area contributed by atoms with Crippen LogP contribution < -0.4 is 5.32 Å². The van der Waals surface area contributed by atoms with E-state index in [0.29, 0.717) is 5.69 Å². The maximum atomic E-state index is 12.9. The van der Waals surface area contributed by atoms with Gasteiger partial charge in [0, 0.05) is 30.4 Å². The van der Waals surface area contributed by atoms with Crippen LogP contribution >= 0.6 is 0 Å². The number of fused-ring (bicyclic) bond motifs is 1. The van der Waals surface area contributed by atoms with Crippen molar-refractivity contribution in [3.8, 4) is 0 Å². The first-order valence-electron chi connectivity index (χ1n) is 8.12. The van der Waals surface area contributed by atoms with Gasteiger partial charge in [0.15, 0.2) is 5.69 Å². The molecule has 1 aromatic carbocycles. The van der Waals surface area contributed by atoms with E-state index < -0.39 is 0 Å². The molecule has 116 valence electrons. The lowest BCUT2D eigenvalue weighted by Gasteiger charge is -2.39. The summed E-state index contributed by atoms with van der Waals surface area (Å²) in [5.74, 6) is 0.0721. The summed E-state index contributed by atoms with van der Waals surface area (Å²) in [6.07, 6.45) is 3.50. The van der Waals surface area contributed by atoms with E-state index in [2.05, 4.69) is 15.5 Å². The summed E-state index contributed by atoms with van der Waals surface area (Å²) >= 11 is 0. The van der Waals surface area contributed by atoms with Gasteiger partial charge in [-0.05, 0) is 44.9 Å². The Morgan fingerprint density at radius 3 is 3.09 bits per heavy atom. The van der Waals surface area contributed by atoms with E-state index in [-0.39, 0.29) is 11.3 Å². The highest BCUT2D eigenvalue weighted by molar-refractivity contribution is 6.04. The van der Waals surface area contributed by atoms with Crippen molar-refractivity contribution in [3.05, 3.63) is 29.5 Å². The van der Waals surface area contributed by atoms with Gasteiger partial charge in [-0.3, -0.25) is 9.89 Å². The van der Waals surface area contributed by atoms with Gasteiger partial charge in [0.2, 0.25) is 0 Å². The zero-order chi connectivity index (χ0) is 15.2. The highest BCUT2D eigenvalue weighted by Crippen LogP contribution is 2.36. The van der Waals surface area contributed by atoms with E-state index in [1.807, 2.05) is 30.0 Å². The Kier molecular flexibility index (Phi) is 3.18. The summed E-state index contributed by atoms with van der Waals surface area (Å²) in [5, 5.41) is 11.7. The normalized spacial score (nSPS) is 25.2. The Bertz CT molecular complexity index is 715. The molecule has 0 saturated carbocycles. The maximum Gasteiger partial charge on any atom is 0.275 e. The number of amides is 1. The fourth-order valence-electron chi connectivity index (χ4n) is 3.97. The summed E-state index contributed by atoms with van der Waals surface area (Å²) in [6.45, 7) is 5.87. The predicted octanol–water partition coefficient (Wildman–Crippen LogP) is 2.09. The number of rotatable bonds is 1. The van der Waals surface area contributed by atoms with Gasteiger partial charge in [-0.1, -0.05) is 11.6 Å². The second-order valence-corrected chi connectivity index (χ2v) is 6.88. The van der Waals surface area contributed by atoms with Crippen LogP contribution in [0.1, 0.15) is 35.3 Å². The smallest absolute Gasteiger partial charge is 0.275 e. The molecule has 2 fully saturated rings. The van der Waals surface area contributed by atoms with Crippen molar-refractivity contribution >= 4 is 16.8 Å². The van der Waals surface area contributed by atoms with Crippen molar-refractivity contribution in [2.75, 3.05) is 26.2 Å². The Morgan fingerprint density at radius 2 is 2.27 bits per heavy atom. The third kappa shape index (κ3) is 2.20. The van der Waals surface area contributed by atoms with Gasteiger partial charge in [-0.25, -0.2) is 0 Å². The van der Waals surface area contributed by atoms with Crippen molar-refractivity contribution in [2.45, 2.75) is 26.2 Å². The molecular formula is C17H22N4O. The molecule has 2 aromatic rings. The van der Waals surface area contributed by atoms with Gasteiger partial charge in [0.25, 0.3) is 5.91 Å². The molecule has 2 saturated heterocycles. The van der Waals surface area contributed by atoms with E-state index in [9.17, 15) is 4.79 Å². The number of H-pyrrole nitrogens is 1. The SMILES string of the molecule is Cc1ccc2[nH]nc(C(=O)N3CCC[C@@]4(CCNC4)C3)c2c1. The van der Waals surface area contributed by atoms with Crippen LogP contribution in [0.5, 0.6) is 0 Å². The fourth-order valence-corrected chi connectivity index (χ4v) is 3.97. The van der Waals surface area contributed by atoms with E-state index >= 15 is 0 Å². The van der Waals surface area contributed by atoms with Crippen LogP contribution in [0.3, 0.4) is 0 Å². The second kappa shape index (κ2) is 5.09. The summed E-state index contributed by atoms with van der Waals surface area (Å²) in [4.78, 5) is 15.0. The molecular weight excluding hydrogens is 276 g/mol. The number of hydrogen-bond donors (Lipinski definition) is 2. The van der Waals surface area contributed by atoms with Crippen LogP contribution in [-0.4, -0.2) is 47.2 Å². The van der Waals surface area contributed by atoms with Gasteiger partial charge in [-0.15, -0.1) is 0 Å². The Balaban J connectivity index is 1.64. The molecule has 1 atom stereocenters. The van der Waals surface area contributed by atoms with Gasteiger partial charge in [0.1, 0.15) is 0 Å². The molecule has 1 amide bonds. The van der Waals surface area contributed by atoms with Crippen LogP contribution in [0.15, 0.2) is 18.2 Å². The van der Waals surface area contributed by atoms with Crippen molar-refractivity contribution in [3.63, 3.8) is 0 Å². The van der Waals surface area contributed by atoms with Gasteiger partial charge < -0.3 is 10.2 Å². The molecule has 2 N–H and O–H groups in total. The number of nitrogens with zero attached hydrogens (tertiary/aromatic N) is 2. The Hall–Kier alpha value is -1.88. The van der Waals surface area contributed by atoms with Crippen LogP contribution in [0.4, 0.5) is 0 Å². The van der Waals surface area contributed by atoms with Gasteiger partial charge in [0.05, 0.1) is 5.52 Å². The standard InChI is InChI=1S/C17H22N4O/c1-12-3-4-14-13(9-12)15(20-19-14)16(22)21-8-2-5-17(11-21)6-7-18-10-17/h3-4,9,18H,2,5-8,10-11H2,1H3,(H,19,20)/t17-/m0/s1. The Morgan fingerprint density at radius 1 is 1.36 bits per heavy atom. The summed E-state index contributed by atoms with van der Waals surface area (Å²) in [6, 6.07) is 6.07. The first-order chi connectivity index (χ1) is 10.7. The summed E-state index contributed by atoms with van der Waals surface area (Å²) < 4.78 is 0. The predicted molar refractivity (Wildman–Crippen MR) is 85.9 cm³/mol. The monoisotopic (exact) mass is 298 g/mol. The molecule has 0 radical (unpaired) electrons. The molecule has 5 nitrogen and oxygen atoms in total. The van der Waals surface area contributed by atoms with E-state index in [1.54, 1.807) is 0 Å². The van der Waals surface area contributed by atoms with Crippen LogP contribution in [0.2, 0.25) is 0 Å². The fraction of sp³-hybridized carbons (Fsp3) is 0.529. The number of aromatic nitrogens is 2. The molecule has 22 heavy (non-hydrogen) atoms. The van der Waals surface area contributed by atoms with Crippen LogP contribution in [0, 0.1) is 12.3 Å². The lowest BCUT2D eigenvalue weighted by Crippen LogP contribution is -2.47. The molecule has 4 rings (SSSR count). The number of hydrogen-bond acceptors (Lipinski definition) is 3.